The van der Waals surface area contributed by atoms with Gasteiger partial charge in [0.2, 0.25) is 5.91 Å². The van der Waals surface area contributed by atoms with Gasteiger partial charge >= 0.3 is 0 Å². The SMILES string of the molecule is O=C(Cn1nccc1[C@H]1CCCNC1)NCc1cn[nH]c1-c1ccccc1. The van der Waals surface area contributed by atoms with Crippen molar-refractivity contribution in [2.24, 2.45) is 0 Å². The van der Waals surface area contributed by atoms with Crippen LogP contribution in [0.15, 0.2) is 48.8 Å². The zero-order chi connectivity index (χ0) is 18.5. The van der Waals surface area contributed by atoms with Crippen LogP contribution in [0, 0.1) is 0 Å². The van der Waals surface area contributed by atoms with Gasteiger partial charge in [0.15, 0.2) is 0 Å². The van der Waals surface area contributed by atoms with E-state index in [1.165, 1.54) is 0 Å². The zero-order valence-corrected chi connectivity index (χ0v) is 15.2. The standard InChI is InChI=1S/C20H24N6O/c27-19(14-26-18(8-10-24-26)16-7-4-9-21-11-16)22-12-17-13-23-25-20(17)15-5-2-1-3-6-15/h1-3,5-6,8,10,13,16,21H,4,7,9,11-12,14H2,(H,22,27)(H,23,25)/t16-/m0/s1. The summed E-state index contributed by atoms with van der Waals surface area (Å²) in [6, 6.07) is 12.0. The lowest BCUT2D eigenvalue weighted by molar-refractivity contribution is -0.122. The van der Waals surface area contributed by atoms with E-state index in [1.54, 1.807) is 12.4 Å². The molecule has 27 heavy (non-hydrogen) atoms. The minimum Gasteiger partial charge on any atom is -0.350 e. The monoisotopic (exact) mass is 364 g/mol. The first-order chi connectivity index (χ1) is 13.3. The highest BCUT2D eigenvalue weighted by Gasteiger charge is 2.20. The lowest BCUT2D eigenvalue weighted by Crippen LogP contribution is -2.32. The molecule has 4 rings (SSSR count). The van der Waals surface area contributed by atoms with Crippen molar-refractivity contribution in [3.05, 3.63) is 60.0 Å². The molecule has 0 bridgehead atoms. The summed E-state index contributed by atoms with van der Waals surface area (Å²) in [7, 11) is 0. The first-order valence-corrected chi connectivity index (χ1v) is 9.38. The Kier molecular flexibility index (Phi) is 5.29. The summed E-state index contributed by atoms with van der Waals surface area (Å²) in [5.41, 5.74) is 4.08. The number of H-pyrrole nitrogens is 1. The molecule has 3 aromatic rings. The third kappa shape index (κ3) is 4.09. The number of amides is 1. The molecule has 1 atom stereocenters. The summed E-state index contributed by atoms with van der Waals surface area (Å²) in [5, 5.41) is 17.9. The number of aromatic nitrogens is 4. The molecule has 0 saturated carbocycles. The topological polar surface area (TPSA) is 87.6 Å². The van der Waals surface area contributed by atoms with Crippen molar-refractivity contribution in [3.8, 4) is 11.3 Å². The Morgan fingerprint density at radius 3 is 2.96 bits per heavy atom. The number of hydrogen-bond acceptors (Lipinski definition) is 4. The highest BCUT2D eigenvalue weighted by atomic mass is 16.2. The number of nitrogens with zero attached hydrogens (tertiary/aromatic N) is 3. The summed E-state index contributed by atoms with van der Waals surface area (Å²) < 4.78 is 1.82. The van der Waals surface area contributed by atoms with Crippen LogP contribution >= 0.6 is 0 Å². The van der Waals surface area contributed by atoms with Gasteiger partial charge in [0.25, 0.3) is 0 Å². The molecule has 3 heterocycles. The molecule has 0 unspecified atom stereocenters. The Hall–Kier alpha value is -2.93. The highest BCUT2D eigenvalue weighted by Crippen LogP contribution is 2.23. The second-order valence-electron chi connectivity index (χ2n) is 6.87. The van der Waals surface area contributed by atoms with E-state index in [9.17, 15) is 4.79 Å². The van der Waals surface area contributed by atoms with Crippen LogP contribution in [0.25, 0.3) is 11.3 Å². The quantitative estimate of drug-likeness (QED) is 0.625. The number of hydrogen-bond donors (Lipinski definition) is 3. The summed E-state index contributed by atoms with van der Waals surface area (Å²) in [6.07, 6.45) is 5.83. The number of rotatable bonds is 6. The Morgan fingerprint density at radius 1 is 1.26 bits per heavy atom. The fraction of sp³-hybridized carbons (Fsp3) is 0.350. The van der Waals surface area contributed by atoms with Crippen LogP contribution in [0.4, 0.5) is 0 Å². The van der Waals surface area contributed by atoms with Crippen LogP contribution < -0.4 is 10.6 Å². The third-order valence-electron chi connectivity index (χ3n) is 5.01. The minimum absolute atomic E-state index is 0.0519. The Balaban J connectivity index is 1.38. The highest BCUT2D eigenvalue weighted by molar-refractivity contribution is 5.76. The van der Waals surface area contributed by atoms with E-state index in [-0.39, 0.29) is 12.5 Å². The maximum absolute atomic E-state index is 12.5. The first kappa shape index (κ1) is 17.5. The molecule has 0 aliphatic carbocycles. The van der Waals surface area contributed by atoms with Crippen LogP contribution in [0.3, 0.4) is 0 Å². The fourth-order valence-electron chi connectivity index (χ4n) is 3.61. The maximum atomic E-state index is 12.5. The number of benzene rings is 1. The van der Waals surface area contributed by atoms with Gasteiger partial charge in [-0.3, -0.25) is 14.6 Å². The summed E-state index contributed by atoms with van der Waals surface area (Å²) in [4.78, 5) is 12.5. The Bertz CT molecular complexity index is 879. The van der Waals surface area contributed by atoms with Crippen LogP contribution in [-0.4, -0.2) is 39.0 Å². The van der Waals surface area contributed by atoms with Crippen LogP contribution in [0.5, 0.6) is 0 Å². The van der Waals surface area contributed by atoms with Gasteiger partial charge in [-0.05, 0) is 31.0 Å². The number of aromatic amines is 1. The number of carbonyl (C=O) groups is 1. The summed E-state index contributed by atoms with van der Waals surface area (Å²) in [5.74, 6) is 0.372. The van der Waals surface area contributed by atoms with Crippen molar-refractivity contribution >= 4 is 5.91 Å². The average Bonchev–Trinajstić information content (AvgIpc) is 3.37. The Labute approximate surface area is 158 Å². The van der Waals surface area contributed by atoms with E-state index in [4.69, 9.17) is 0 Å². The molecule has 1 aromatic carbocycles. The smallest absolute Gasteiger partial charge is 0.242 e. The molecule has 7 nitrogen and oxygen atoms in total. The van der Waals surface area contributed by atoms with Gasteiger partial charge in [0.1, 0.15) is 6.54 Å². The van der Waals surface area contributed by atoms with Gasteiger partial charge in [-0.25, -0.2) is 0 Å². The van der Waals surface area contributed by atoms with E-state index in [0.717, 1.165) is 48.4 Å². The van der Waals surface area contributed by atoms with Crippen molar-refractivity contribution in [1.29, 1.82) is 0 Å². The average molecular weight is 364 g/mol. The summed E-state index contributed by atoms with van der Waals surface area (Å²) in [6.45, 7) is 2.68. The van der Waals surface area contributed by atoms with Gasteiger partial charge in [-0.2, -0.15) is 10.2 Å². The zero-order valence-electron chi connectivity index (χ0n) is 15.2. The molecular weight excluding hydrogens is 340 g/mol. The maximum Gasteiger partial charge on any atom is 0.242 e. The van der Waals surface area contributed by atoms with Gasteiger partial charge < -0.3 is 10.6 Å². The normalized spacial score (nSPS) is 17.0. The molecular formula is C20H24N6O. The van der Waals surface area contributed by atoms with Crippen LogP contribution in [0.2, 0.25) is 0 Å². The largest absolute Gasteiger partial charge is 0.350 e. The molecule has 1 saturated heterocycles. The van der Waals surface area contributed by atoms with Crippen molar-refractivity contribution in [2.45, 2.75) is 31.8 Å². The van der Waals surface area contributed by atoms with Crippen LogP contribution in [0.1, 0.15) is 30.0 Å². The van der Waals surface area contributed by atoms with Crippen molar-refractivity contribution in [3.63, 3.8) is 0 Å². The molecule has 1 amide bonds. The van der Waals surface area contributed by atoms with E-state index < -0.39 is 0 Å². The molecule has 2 aromatic heterocycles. The summed E-state index contributed by atoms with van der Waals surface area (Å²) >= 11 is 0. The van der Waals surface area contributed by atoms with E-state index in [0.29, 0.717) is 12.5 Å². The van der Waals surface area contributed by atoms with Gasteiger partial charge in [-0.15, -0.1) is 0 Å². The lowest BCUT2D eigenvalue weighted by atomic mass is 9.96. The molecule has 7 heteroatoms. The lowest BCUT2D eigenvalue weighted by Gasteiger charge is -2.23. The third-order valence-corrected chi connectivity index (χ3v) is 5.01. The second kappa shape index (κ2) is 8.18. The number of piperidine rings is 1. The Morgan fingerprint density at radius 2 is 2.15 bits per heavy atom. The second-order valence-corrected chi connectivity index (χ2v) is 6.87. The predicted molar refractivity (Wildman–Crippen MR) is 103 cm³/mol. The van der Waals surface area contributed by atoms with Crippen LogP contribution in [-0.2, 0) is 17.9 Å². The first-order valence-electron chi connectivity index (χ1n) is 9.38. The number of carbonyl (C=O) groups excluding carboxylic acids is 1. The van der Waals surface area contributed by atoms with Crippen molar-refractivity contribution < 1.29 is 4.79 Å². The van der Waals surface area contributed by atoms with Gasteiger partial charge in [0.05, 0.1) is 11.9 Å². The molecule has 3 N–H and O–H groups in total. The molecule has 0 spiro atoms. The van der Waals surface area contributed by atoms with Crippen molar-refractivity contribution in [2.75, 3.05) is 13.1 Å². The molecule has 1 aliphatic heterocycles. The van der Waals surface area contributed by atoms with Crippen molar-refractivity contribution in [1.82, 2.24) is 30.6 Å². The minimum atomic E-state index is -0.0519. The van der Waals surface area contributed by atoms with E-state index in [2.05, 4.69) is 25.9 Å². The fourth-order valence-corrected chi connectivity index (χ4v) is 3.61. The van der Waals surface area contributed by atoms with Gasteiger partial charge in [0, 0.05) is 36.5 Å². The van der Waals surface area contributed by atoms with E-state index >= 15 is 0 Å². The predicted octanol–water partition coefficient (Wildman–Crippen LogP) is 2.06. The molecule has 140 valence electrons. The molecule has 1 aliphatic rings. The molecule has 0 radical (unpaired) electrons. The number of nitrogens with one attached hydrogen (secondary N) is 3. The van der Waals surface area contributed by atoms with Gasteiger partial charge in [-0.1, -0.05) is 30.3 Å². The molecule has 1 fully saturated rings. The van der Waals surface area contributed by atoms with E-state index in [1.807, 2.05) is 41.1 Å².